The summed E-state index contributed by atoms with van der Waals surface area (Å²) in [5.41, 5.74) is 1.39. The van der Waals surface area contributed by atoms with Gasteiger partial charge in [0.25, 0.3) is 5.91 Å². The number of methoxy groups -OCH3 is 1. The van der Waals surface area contributed by atoms with Crippen molar-refractivity contribution in [1.29, 1.82) is 0 Å². The maximum atomic E-state index is 12.6. The van der Waals surface area contributed by atoms with Crippen LogP contribution in [0.2, 0.25) is 5.02 Å². The highest BCUT2D eigenvalue weighted by Gasteiger charge is 2.15. The first kappa shape index (κ1) is 20.8. The van der Waals surface area contributed by atoms with Gasteiger partial charge in [-0.1, -0.05) is 22.9 Å². The first-order valence-electron chi connectivity index (χ1n) is 8.65. The van der Waals surface area contributed by atoms with E-state index in [0.717, 1.165) is 0 Å². The minimum absolute atomic E-state index is 0.123. The van der Waals surface area contributed by atoms with Gasteiger partial charge >= 0.3 is 11.9 Å². The molecule has 0 saturated carbocycles. The van der Waals surface area contributed by atoms with Crippen LogP contribution >= 0.6 is 22.9 Å². The van der Waals surface area contributed by atoms with Gasteiger partial charge in [-0.15, -0.1) is 0 Å². The lowest BCUT2D eigenvalue weighted by Gasteiger charge is -2.05. The van der Waals surface area contributed by atoms with Crippen molar-refractivity contribution in [2.75, 3.05) is 13.7 Å². The molecule has 0 bridgehead atoms. The highest BCUT2D eigenvalue weighted by atomic mass is 35.5. The van der Waals surface area contributed by atoms with Crippen LogP contribution in [0.15, 0.2) is 47.5 Å². The van der Waals surface area contributed by atoms with Gasteiger partial charge in [-0.05, 0) is 49.4 Å². The van der Waals surface area contributed by atoms with E-state index in [2.05, 4.69) is 4.99 Å². The monoisotopic (exact) mass is 432 g/mol. The molecule has 3 aromatic rings. The van der Waals surface area contributed by atoms with E-state index in [9.17, 15) is 14.4 Å². The number of hydrogen-bond donors (Lipinski definition) is 0. The standard InChI is InChI=1S/C20H17ClN2O5S/c1-3-28-19(26)13-6-9-15-16(10-13)29-20(23(15)11-17(24)27-2)22-18(25)12-4-7-14(21)8-5-12/h4-10H,3,11H2,1-2H3. The summed E-state index contributed by atoms with van der Waals surface area (Å²) in [6, 6.07) is 11.3. The second-order valence-corrected chi connectivity index (χ2v) is 7.32. The van der Waals surface area contributed by atoms with Gasteiger partial charge in [-0.3, -0.25) is 9.59 Å². The maximum absolute atomic E-state index is 12.6. The van der Waals surface area contributed by atoms with Crippen molar-refractivity contribution in [3.63, 3.8) is 0 Å². The first-order valence-corrected chi connectivity index (χ1v) is 9.84. The van der Waals surface area contributed by atoms with Gasteiger partial charge in [-0.2, -0.15) is 4.99 Å². The van der Waals surface area contributed by atoms with Crippen molar-refractivity contribution in [3.8, 4) is 0 Å². The van der Waals surface area contributed by atoms with E-state index in [4.69, 9.17) is 21.1 Å². The molecule has 0 aliphatic carbocycles. The van der Waals surface area contributed by atoms with E-state index >= 15 is 0 Å². The minimum atomic E-state index is -0.487. The number of fused-ring (bicyclic) bond motifs is 1. The molecule has 9 heteroatoms. The SMILES string of the molecule is CCOC(=O)c1ccc2c(c1)sc(=NC(=O)c1ccc(Cl)cc1)n2CC(=O)OC. The lowest BCUT2D eigenvalue weighted by molar-refractivity contribution is -0.141. The van der Waals surface area contributed by atoms with Gasteiger partial charge in [0.1, 0.15) is 6.54 Å². The minimum Gasteiger partial charge on any atom is -0.468 e. The fourth-order valence-electron chi connectivity index (χ4n) is 2.59. The number of rotatable bonds is 5. The van der Waals surface area contributed by atoms with Gasteiger partial charge in [0.15, 0.2) is 4.80 Å². The van der Waals surface area contributed by atoms with Crippen LogP contribution in [0.25, 0.3) is 10.2 Å². The largest absolute Gasteiger partial charge is 0.468 e. The topological polar surface area (TPSA) is 87.0 Å². The zero-order chi connectivity index (χ0) is 21.0. The molecule has 0 saturated heterocycles. The van der Waals surface area contributed by atoms with Gasteiger partial charge < -0.3 is 14.0 Å². The van der Waals surface area contributed by atoms with E-state index in [1.807, 2.05) is 0 Å². The molecule has 29 heavy (non-hydrogen) atoms. The molecule has 7 nitrogen and oxygen atoms in total. The van der Waals surface area contributed by atoms with Crippen LogP contribution in [0, 0.1) is 0 Å². The third kappa shape index (κ3) is 4.72. The van der Waals surface area contributed by atoms with Crippen molar-refractivity contribution >= 4 is 51.0 Å². The summed E-state index contributed by atoms with van der Waals surface area (Å²) in [5, 5.41) is 0.510. The van der Waals surface area contributed by atoms with Crippen LogP contribution in [0.3, 0.4) is 0 Å². The number of aromatic nitrogens is 1. The molecule has 0 N–H and O–H groups in total. The van der Waals surface area contributed by atoms with Crippen LogP contribution in [0.1, 0.15) is 27.6 Å². The number of amides is 1. The van der Waals surface area contributed by atoms with E-state index < -0.39 is 17.8 Å². The molecule has 1 amide bonds. The van der Waals surface area contributed by atoms with Crippen LogP contribution in [-0.2, 0) is 20.8 Å². The molecule has 1 aromatic heterocycles. The number of carbonyl (C=O) groups excluding carboxylic acids is 3. The molecule has 0 unspecified atom stereocenters. The van der Waals surface area contributed by atoms with Crippen molar-refractivity contribution in [3.05, 3.63) is 63.4 Å². The zero-order valence-electron chi connectivity index (χ0n) is 15.7. The van der Waals surface area contributed by atoms with Crippen LogP contribution in [-0.4, -0.2) is 36.1 Å². The Balaban J connectivity index is 2.11. The van der Waals surface area contributed by atoms with Crippen molar-refractivity contribution in [2.45, 2.75) is 13.5 Å². The summed E-state index contributed by atoms with van der Waals surface area (Å²) in [6.07, 6.45) is 0. The second kappa shape index (κ2) is 9.02. The number of ether oxygens (including phenoxy) is 2. The molecule has 2 aromatic carbocycles. The molecule has 0 atom stereocenters. The van der Waals surface area contributed by atoms with Crippen LogP contribution in [0.4, 0.5) is 0 Å². The van der Waals surface area contributed by atoms with E-state index in [0.29, 0.717) is 31.2 Å². The first-order chi connectivity index (χ1) is 13.9. The Hall–Kier alpha value is -2.97. The predicted octanol–water partition coefficient (Wildman–Crippen LogP) is 3.45. The summed E-state index contributed by atoms with van der Waals surface area (Å²) in [5.74, 6) is -1.41. The molecule has 150 valence electrons. The lowest BCUT2D eigenvalue weighted by atomic mass is 10.2. The molecule has 1 heterocycles. The molecule has 0 aliphatic rings. The highest BCUT2D eigenvalue weighted by Crippen LogP contribution is 2.20. The number of benzene rings is 2. The molecular weight excluding hydrogens is 416 g/mol. The molecule has 0 spiro atoms. The highest BCUT2D eigenvalue weighted by molar-refractivity contribution is 7.16. The summed E-state index contributed by atoms with van der Waals surface area (Å²) >= 11 is 7.04. The Kier molecular flexibility index (Phi) is 6.46. The Labute approximate surface area is 175 Å². The Bertz CT molecular complexity index is 1150. The quantitative estimate of drug-likeness (QED) is 0.576. The van der Waals surface area contributed by atoms with Gasteiger partial charge in [-0.25, -0.2) is 4.79 Å². The average Bonchev–Trinajstić information content (AvgIpc) is 3.04. The van der Waals surface area contributed by atoms with E-state index in [-0.39, 0.29) is 13.2 Å². The maximum Gasteiger partial charge on any atom is 0.338 e. The Morgan fingerprint density at radius 3 is 2.45 bits per heavy atom. The van der Waals surface area contributed by atoms with Gasteiger partial charge in [0, 0.05) is 10.6 Å². The van der Waals surface area contributed by atoms with E-state index in [1.165, 1.54) is 18.4 Å². The predicted molar refractivity (Wildman–Crippen MR) is 109 cm³/mol. The normalized spacial score (nSPS) is 11.5. The fourth-order valence-corrected chi connectivity index (χ4v) is 3.78. The summed E-state index contributed by atoms with van der Waals surface area (Å²) < 4.78 is 12.0. The van der Waals surface area contributed by atoms with Gasteiger partial charge in [0.05, 0.1) is 29.5 Å². The van der Waals surface area contributed by atoms with Crippen LogP contribution in [0.5, 0.6) is 0 Å². The van der Waals surface area contributed by atoms with Crippen molar-refractivity contribution in [2.24, 2.45) is 4.99 Å². The smallest absolute Gasteiger partial charge is 0.338 e. The number of carbonyl (C=O) groups is 3. The van der Waals surface area contributed by atoms with Crippen molar-refractivity contribution in [1.82, 2.24) is 4.57 Å². The zero-order valence-corrected chi connectivity index (χ0v) is 17.2. The Morgan fingerprint density at radius 2 is 1.79 bits per heavy atom. The number of hydrogen-bond acceptors (Lipinski definition) is 6. The number of halogens is 1. The second-order valence-electron chi connectivity index (χ2n) is 5.87. The summed E-state index contributed by atoms with van der Waals surface area (Å²) in [4.78, 5) is 40.9. The summed E-state index contributed by atoms with van der Waals surface area (Å²) in [6.45, 7) is 1.87. The molecular formula is C20H17ClN2O5S. The molecule has 3 rings (SSSR count). The fraction of sp³-hybridized carbons (Fsp3) is 0.200. The number of esters is 2. The number of nitrogens with zero attached hydrogens (tertiary/aromatic N) is 2. The number of thiazole rings is 1. The molecule has 0 aliphatic heterocycles. The molecule has 0 radical (unpaired) electrons. The third-order valence-corrected chi connectivity index (χ3v) is 5.29. The van der Waals surface area contributed by atoms with Gasteiger partial charge in [0.2, 0.25) is 0 Å². The lowest BCUT2D eigenvalue weighted by Crippen LogP contribution is -2.22. The van der Waals surface area contributed by atoms with Crippen molar-refractivity contribution < 1.29 is 23.9 Å². The summed E-state index contributed by atoms with van der Waals surface area (Å²) in [7, 11) is 1.28. The third-order valence-electron chi connectivity index (χ3n) is 4.00. The van der Waals surface area contributed by atoms with Crippen LogP contribution < -0.4 is 4.80 Å². The Morgan fingerprint density at radius 1 is 1.10 bits per heavy atom. The molecule has 0 fully saturated rings. The average molecular weight is 433 g/mol. The van der Waals surface area contributed by atoms with E-state index in [1.54, 1.807) is 54.0 Å².